The first-order chi connectivity index (χ1) is 18.6. The maximum absolute atomic E-state index is 6.32. The molecular weight excluding hydrogens is 519 g/mol. The molecule has 2 aromatic heterocycles. The van der Waals surface area contributed by atoms with Gasteiger partial charge in [-0.2, -0.15) is 0 Å². The molecule has 38 heavy (non-hydrogen) atoms. The van der Waals surface area contributed by atoms with E-state index in [-0.39, 0.29) is 5.41 Å². The monoisotopic (exact) mass is 548 g/mol. The largest absolute Gasteiger partial charge is 0.473 e. The number of aromatic nitrogens is 3. The second-order valence-corrected chi connectivity index (χ2v) is 11.7. The molecule has 2 aliphatic heterocycles. The Morgan fingerprint density at radius 1 is 1.05 bits per heavy atom. The molecule has 1 unspecified atom stereocenters. The number of nitrogens with zero attached hydrogens (tertiary/aromatic N) is 4. The van der Waals surface area contributed by atoms with E-state index in [0.29, 0.717) is 34.6 Å². The van der Waals surface area contributed by atoms with Crippen molar-refractivity contribution >= 4 is 34.2 Å². The normalized spacial score (nSPS) is 24.7. The highest BCUT2D eigenvalue weighted by Crippen LogP contribution is 2.59. The predicted molar refractivity (Wildman–Crippen MR) is 149 cm³/mol. The number of para-hydroxylation sites is 2. The zero-order chi connectivity index (χ0) is 25.7. The molecule has 2 aromatic carbocycles. The Hall–Kier alpha value is -2.64. The van der Waals surface area contributed by atoms with Crippen LogP contribution in [0.1, 0.15) is 36.3 Å². The summed E-state index contributed by atoms with van der Waals surface area (Å²) in [5.74, 6) is 2.39. The molecule has 6 nitrogen and oxygen atoms in total. The third kappa shape index (κ3) is 4.58. The van der Waals surface area contributed by atoms with E-state index < -0.39 is 0 Å². The lowest BCUT2D eigenvalue weighted by Crippen LogP contribution is -2.37. The number of pyridine rings is 1. The van der Waals surface area contributed by atoms with Crippen LogP contribution in [0.15, 0.2) is 60.7 Å². The minimum Gasteiger partial charge on any atom is -0.473 e. The highest BCUT2D eigenvalue weighted by atomic mass is 35.5. The topological polar surface area (TPSA) is 52.4 Å². The van der Waals surface area contributed by atoms with Gasteiger partial charge in [0.1, 0.15) is 12.4 Å². The first-order valence-electron chi connectivity index (χ1n) is 13.4. The van der Waals surface area contributed by atoms with Crippen LogP contribution >= 0.6 is 23.2 Å². The molecule has 0 N–H and O–H groups in total. The molecule has 0 amide bonds. The maximum atomic E-state index is 6.32. The number of imidazole rings is 1. The lowest BCUT2D eigenvalue weighted by Gasteiger charge is -2.32. The molecule has 3 atom stereocenters. The van der Waals surface area contributed by atoms with E-state index >= 15 is 0 Å². The Bertz CT molecular complexity index is 1490. The van der Waals surface area contributed by atoms with E-state index in [1.54, 1.807) is 6.07 Å². The van der Waals surface area contributed by atoms with Crippen molar-refractivity contribution in [2.24, 2.45) is 5.92 Å². The summed E-state index contributed by atoms with van der Waals surface area (Å²) in [5, 5.41) is 1.23. The molecule has 1 saturated carbocycles. The number of likely N-dealkylation sites (tertiary alicyclic amines) is 1. The number of halogens is 2. The average Bonchev–Trinajstić information content (AvgIpc) is 3.54. The molecule has 3 aliphatic rings. The molecule has 4 heterocycles. The van der Waals surface area contributed by atoms with Gasteiger partial charge in [0.05, 0.1) is 35.9 Å². The molecule has 0 bridgehead atoms. The van der Waals surface area contributed by atoms with Gasteiger partial charge in [0.15, 0.2) is 0 Å². The SMILES string of the molecule is Clc1ccc(COc2cccc([C@]34CCN(Cc5nc6ccccc6n5CC5CCO5)C[C@H]3C4)n2)c(Cl)c1. The van der Waals surface area contributed by atoms with E-state index in [9.17, 15) is 0 Å². The number of ether oxygens (including phenoxy) is 2. The van der Waals surface area contributed by atoms with Crippen molar-refractivity contribution in [3.05, 3.63) is 87.8 Å². The quantitative estimate of drug-likeness (QED) is 0.259. The van der Waals surface area contributed by atoms with Gasteiger partial charge in [0.25, 0.3) is 0 Å². The number of fused-ring (bicyclic) bond motifs is 2. The van der Waals surface area contributed by atoms with Gasteiger partial charge in [0.2, 0.25) is 5.88 Å². The van der Waals surface area contributed by atoms with Crippen molar-refractivity contribution in [1.29, 1.82) is 0 Å². The zero-order valence-corrected chi connectivity index (χ0v) is 22.7. The summed E-state index contributed by atoms with van der Waals surface area (Å²) in [7, 11) is 0. The second kappa shape index (κ2) is 9.83. The van der Waals surface area contributed by atoms with Gasteiger partial charge in [-0.05, 0) is 62.1 Å². The molecule has 1 aliphatic carbocycles. The lowest BCUT2D eigenvalue weighted by molar-refractivity contribution is -0.0592. The molecule has 0 radical (unpaired) electrons. The third-order valence-electron chi connectivity index (χ3n) is 8.49. The van der Waals surface area contributed by atoms with Crippen molar-refractivity contribution < 1.29 is 9.47 Å². The fourth-order valence-electron chi connectivity index (χ4n) is 6.12. The highest BCUT2D eigenvalue weighted by Gasteiger charge is 2.58. The summed E-state index contributed by atoms with van der Waals surface area (Å²) in [6, 6.07) is 20.1. The Balaban J connectivity index is 1.03. The van der Waals surface area contributed by atoms with Crippen LogP contribution in [0.4, 0.5) is 0 Å². The Kier molecular flexibility index (Phi) is 6.31. The molecule has 3 fully saturated rings. The van der Waals surface area contributed by atoms with Crippen LogP contribution < -0.4 is 4.74 Å². The first kappa shape index (κ1) is 24.4. The van der Waals surface area contributed by atoms with Crippen LogP contribution in [0.3, 0.4) is 0 Å². The van der Waals surface area contributed by atoms with E-state index in [1.165, 1.54) is 11.9 Å². The summed E-state index contributed by atoms with van der Waals surface area (Å²) in [6.07, 6.45) is 3.71. The van der Waals surface area contributed by atoms with Crippen molar-refractivity contribution in [3.63, 3.8) is 0 Å². The third-order valence-corrected chi connectivity index (χ3v) is 9.07. The Morgan fingerprint density at radius 3 is 2.76 bits per heavy atom. The standard InChI is InChI=1S/C30H30Cl2N4O2/c31-22-9-8-20(24(32)14-22)19-38-29-7-3-6-27(34-29)30-11-12-35(16-21(30)15-30)18-28-33-25-4-1-2-5-26(25)36(28)17-23-10-13-37-23/h1-9,14,21,23H,10-13,15-19H2/t21-,23?,30+/m1/s1. The van der Waals surface area contributed by atoms with Gasteiger partial charge in [-0.1, -0.05) is 47.5 Å². The molecule has 0 spiro atoms. The Morgan fingerprint density at radius 2 is 1.95 bits per heavy atom. The van der Waals surface area contributed by atoms with E-state index in [0.717, 1.165) is 68.2 Å². The number of hydrogen-bond acceptors (Lipinski definition) is 5. The molecule has 8 heteroatoms. The minimum atomic E-state index is 0.160. The van der Waals surface area contributed by atoms with Crippen LogP contribution in [0, 0.1) is 5.92 Å². The van der Waals surface area contributed by atoms with Crippen LogP contribution in [0.2, 0.25) is 10.0 Å². The predicted octanol–water partition coefficient (Wildman–Crippen LogP) is 6.27. The van der Waals surface area contributed by atoms with Crippen molar-refractivity contribution in [3.8, 4) is 5.88 Å². The first-order valence-corrected chi connectivity index (χ1v) is 14.2. The van der Waals surface area contributed by atoms with Crippen LogP contribution in [0.5, 0.6) is 5.88 Å². The minimum absolute atomic E-state index is 0.160. The van der Waals surface area contributed by atoms with Gasteiger partial charge in [-0.3, -0.25) is 4.90 Å². The molecular formula is C30H30Cl2N4O2. The summed E-state index contributed by atoms with van der Waals surface area (Å²) in [6.45, 7) is 5.09. The highest BCUT2D eigenvalue weighted by molar-refractivity contribution is 6.35. The second-order valence-electron chi connectivity index (χ2n) is 10.8. The molecule has 2 saturated heterocycles. The van der Waals surface area contributed by atoms with E-state index in [1.807, 2.05) is 18.2 Å². The van der Waals surface area contributed by atoms with Gasteiger partial charge >= 0.3 is 0 Å². The van der Waals surface area contributed by atoms with Gasteiger partial charge in [-0.15, -0.1) is 0 Å². The summed E-state index contributed by atoms with van der Waals surface area (Å²) < 4.78 is 14.2. The van der Waals surface area contributed by atoms with Crippen molar-refractivity contribution in [2.75, 3.05) is 19.7 Å². The fourth-order valence-corrected chi connectivity index (χ4v) is 6.58. The van der Waals surface area contributed by atoms with Crippen LogP contribution in [0.25, 0.3) is 11.0 Å². The van der Waals surface area contributed by atoms with Crippen LogP contribution in [-0.4, -0.2) is 45.2 Å². The van der Waals surface area contributed by atoms with Crippen molar-refractivity contribution in [1.82, 2.24) is 19.4 Å². The summed E-state index contributed by atoms with van der Waals surface area (Å²) >= 11 is 12.3. The average molecular weight is 550 g/mol. The molecule has 196 valence electrons. The molecule has 7 rings (SSSR count). The number of hydrogen-bond donors (Lipinski definition) is 0. The molecule has 4 aromatic rings. The summed E-state index contributed by atoms with van der Waals surface area (Å²) in [4.78, 5) is 12.5. The smallest absolute Gasteiger partial charge is 0.213 e. The maximum Gasteiger partial charge on any atom is 0.213 e. The van der Waals surface area contributed by atoms with Gasteiger partial charge in [-0.25, -0.2) is 9.97 Å². The summed E-state index contributed by atoms with van der Waals surface area (Å²) in [5.41, 5.74) is 4.48. The van der Waals surface area contributed by atoms with Crippen molar-refractivity contribution in [2.45, 2.75) is 50.5 Å². The Labute approximate surface area is 232 Å². The lowest BCUT2D eigenvalue weighted by atomic mass is 9.91. The fraction of sp³-hybridized carbons (Fsp3) is 0.400. The van der Waals surface area contributed by atoms with Gasteiger partial charge in [0, 0.05) is 40.2 Å². The number of piperidine rings is 1. The number of benzene rings is 2. The van der Waals surface area contributed by atoms with Crippen LogP contribution in [-0.2, 0) is 29.8 Å². The zero-order valence-electron chi connectivity index (χ0n) is 21.2. The van der Waals surface area contributed by atoms with E-state index in [4.69, 9.17) is 42.6 Å². The van der Waals surface area contributed by atoms with Gasteiger partial charge < -0.3 is 14.0 Å². The number of rotatable bonds is 8. The van der Waals surface area contributed by atoms with E-state index in [2.05, 4.69) is 45.9 Å².